The molecule has 0 aromatic heterocycles. The van der Waals surface area contributed by atoms with Gasteiger partial charge in [0.15, 0.2) is 5.11 Å². The summed E-state index contributed by atoms with van der Waals surface area (Å²) in [6.45, 7) is 2.49. The number of rotatable bonds is 3. The average molecular weight is 258 g/mol. The quantitative estimate of drug-likeness (QED) is 0.667. The van der Waals surface area contributed by atoms with Crippen LogP contribution in [0.15, 0.2) is 48.2 Å². The van der Waals surface area contributed by atoms with Gasteiger partial charge >= 0.3 is 0 Å². The Labute approximate surface area is 112 Å². The molecular formula is C14H14N2OS. The van der Waals surface area contributed by atoms with E-state index in [1.54, 1.807) is 6.08 Å². The van der Waals surface area contributed by atoms with Crippen molar-refractivity contribution >= 4 is 29.3 Å². The number of likely N-dealkylation sites (N-methyl/N-ethyl adjacent to an activating group) is 1. The second-order valence-corrected chi connectivity index (χ2v) is 4.22. The predicted octanol–water partition coefficient (Wildman–Crippen LogP) is 2.32. The minimum atomic E-state index is -0.0692. The molecule has 1 fully saturated rings. The van der Waals surface area contributed by atoms with Gasteiger partial charge in [-0.1, -0.05) is 42.5 Å². The van der Waals surface area contributed by atoms with Crippen LogP contribution in [0.25, 0.3) is 6.08 Å². The van der Waals surface area contributed by atoms with Crippen LogP contribution >= 0.6 is 12.2 Å². The van der Waals surface area contributed by atoms with Crippen LogP contribution in [0.1, 0.15) is 12.5 Å². The average Bonchev–Trinajstić information content (AvgIpc) is 2.65. The van der Waals surface area contributed by atoms with Crippen molar-refractivity contribution in [1.82, 2.24) is 10.2 Å². The van der Waals surface area contributed by atoms with Crippen molar-refractivity contribution in [3.8, 4) is 0 Å². The zero-order chi connectivity index (χ0) is 13.0. The zero-order valence-corrected chi connectivity index (χ0v) is 10.9. The van der Waals surface area contributed by atoms with Gasteiger partial charge in [-0.2, -0.15) is 0 Å². The molecule has 92 valence electrons. The summed E-state index contributed by atoms with van der Waals surface area (Å²) in [5, 5.41) is 3.38. The SMILES string of the molecule is CCN1C(=O)/C(=C/C=C/c2ccccc2)NC1=S. The Hall–Kier alpha value is -1.94. The van der Waals surface area contributed by atoms with Gasteiger partial charge in [0, 0.05) is 6.54 Å². The maximum atomic E-state index is 11.9. The van der Waals surface area contributed by atoms with Crippen LogP contribution < -0.4 is 5.32 Å². The highest BCUT2D eigenvalue weighted by atomic mass is 32.1. The van der Waals surface area contributed by atoms with Crippen molar-refractivity contribution in [1.29, 1.82) is 0 Å². The Kier molecular flexibility index (Phi) is 3.89. The summed E-state index contributed by atoms with van der Waals surface area (Å²) in [4.78, 5) is 13.4. The number of benzene rings is 1. The largest absolute Gasteiger partial charge is 0.328 e. The van der Waals surface area contributed by atoms with Crippen LogP contribution in [0.3, 0.4) is 0 Å². The second kappa shape index (κ2) is 5.60. The van der Waals surface area contributed by atoms with Crippen LogP contribution in [0.5, 0.6) is 0 Å². The summed E-state index contributed by atoms with van der Waals surface area (Å²) in [5.74, 6) is -0.0692. The molecule has 2 rings (SSSR count). The third-order valence-corrected chi connectivity index (χ3v) is 2.95. The molecule has 0 aliphatic carbocycles. The molecule has 1 amide bonds. The van der Waals surface area contributed by atoms with Crippen molar-refractivity contribution in [2.75, 3.05) is 6.54 Å². The van der Waals surface area contributed by atoms with Crippen molar-refractivity contribution < 1.29 is 4.79 Å². The lowest BCUT2D eigenvalue weighted by molar-refractivity contribution is -0.122. The molecule has 0 saturated carbocycles. The molecule has 0 spiro atoms. The molecule has 1 aliphatic heterocycles. The maximum absolute atomic E-state index is 11.9. The number of nitrogens with one attached hydrogen (secondary N) is 1. The minimum absolute atomic E-state index is 0.0692. The standard InChI is InChI=1S/C14H14N2OS/c1-2-16-13(17)12(15-14(16)18)10-6-9-11-7-4-3-5-8-11/h3-10H,2H2,1H3,(H,15,18)/b9-6+,12-10-. The van der Waals surface area contributed by atoms with E-state index in [0.29, 0.717) is 17.4 Å². The fraction of sp³-hybridized carbons (Fsp3) is 0.143. The van der Waals surface area contributed by atoms with E-state index in [-0.39, 0.29) is 5.91 Å². The molecule has 0 bridgehead atoms. The molecule has 1 heterocycles. The van der Waals surface area contributed by atoms with E-state index in [4.69, 9.17) is 12.2 Å². The van der Waals surface area contributed by atoms with Crippen molar-refractivity contribution in [3.05, 3.63) is 53.7 Å². The molecule has 1 saturated heterocycles. The monoisotopic (exact) mass is 258 g/mol. The highest BCUT2D eigenvalue weighted by Crippen LogP contribution is 2.10. The van der Waals surface area contributed by atoms with Gasteiger partial charge in [0.05, 0.1) is 0 Å². The Morgan fingerprint density at radius 1 is 1.33 bits per heavy atom. The Balaban J connectivity index is 2.09. The number of nitrogens with zero attached hydrogens (tertiary/aromatic N) is 1. The summed E-state index contributed by atoms with van der Waals surface area (Å²) in [7, 11) is 0. The van der Waals surface area contributed by atoms with Crippen molar-refractivity contribution in [2.24, 2.45) is 0 Å². The third-order valence-electron chi connectivity index (χ3n) is 2.63. The van der Waals surface area contributed by atoms with Crippen molar-refractivity contribution in [3.63, 3.8) is 0 Å². The molecule has 0 unspecified atom stereocenters. The van der Waals surface area contributed by atoms with E-state index in [0.717, 1.165) is 5.56 Å². The number of allylic oxidation sites excluding steroid dienone is 2. The van der Waals surface area contributed by atoms with Crippen LogP contribution in [0, 0.1) is 0 Å². The highest BCUT2D eigenvalue weighted by Gasteiger charge is 2.28. The van der Waals surface area contributed by atoms with E-state index < -0.39 is 0 Å². The number of thiocarbonyl (C=S) groups is 1. The van der Waals surface area contributed by atoms with Crippen LogP contribution in [-0.4, -0.2) is 22.5 Å². The first kappa shape index (κ1) is 12.5. The molecule has 0 atom stereocenters. The van der Waals surface area contributed by atoms with Gasteiger partial charge in [0.25, 0.3) is 5.91 Å². The van der Waals surface area contributed by atoms with Gasteiger partial charge < -0.3 is 5.32 Å². The lowest BCUT2D eigenvalue weighted by Crippen LogP contribution is -2.30. The normalized spacial score (nSPS) is 17.8. The molecule has 4 heteroatoms. The molecule has 1 N–H and O–H groups in total. The van der Waals surface area contributed by atoms with Crippen LogP contribution in [-0.2, 0) is 4.79 Å². The highest BCUT2D eigenvalue weighted by molar-refractivity contribution is 7.80. The first-order valence-electron chi connectivity index (χ1n) is 5.78. The van der Waals surface area contributed by atoms with E-state index >= 15 is 0 Å². The van der Waals surface area contributed by atoms with Gasteiger partial charge in [-0.3, -0.25) is 9.69 Å². The third kappa shape index (κ3) is 2.65. The fourth-order valence-electron chi connectivity index (χ4n) is 1.69. The molecule has 1 aromatic carbocycles. The fourth-order valence-corrected chi connectivity index (χ4v) is 2.02. The lowest BCUT2D eigenvalue weighted by atomic mass is 10.2. The Bertz CT molecular complexity index is 520. The van der Waals surface area contributed by atoms with Gasteiger partial charge in [-0.25, -0.2) is 0 Å². The zero-order valence-electron chi connectivity index (χ0n) is 10.1. The summed E-state index contributed by atoms with van der Waals surface area (Å²) in [5.41, 5.74) is 1.61. The number of hydrogen-bond donors (Lipinski definition) is 1. The summed E-state index contributed by atoms with van der Waals surface area (Å²) in [6, 6.07) is 9.92. The van der Waals surface area contributed by atoms with E-state index in [1.165, 1.54) is 4.90 Å². The summed E-state index contributed by atoms with van der Waals surface area (Å²) < 4.78 is 0. The van der Waals surface area contributed by atoms with Crippen molar-refractivity contribution in [2.45, 2.75) is 6.92 Å². The molecule has 1 aromatic rings. The summed E-state index contributed by atoms with van der Waals surface area (Å²) >= 11 is 5.07. The number of hydrogen-bond acceptors (Lipinski definition) is 2. The second-order valence-electron chi connectivity index (χ2n) is 3.83. The van der Waals surface area contributed by atoms with E-state index in [2.05, 4.69) is 5.32 Å². The predicted molar refractivity (Wildman–Crippen MR) is 76.7 cm³/mol. The van der Waals surface area contributed by atoms with Gasteiger partial charge in [-0.15, -0.1) is 0 Å². The van der Waals surface area contributed by atoms with E-state index in [9.17, 15) is 4.79 Å². The molecular weight excluding hydrogens is 244 g/mol. The number of carbonyl (C=O) groups excluding carboxylic acids is 1. The molecule has 18 heavy (non-hydrogen) atoms. The number of amides is 1. The first-order valence-corrected chi connectivity index (χ1v) is 6.19. The summed E-state index contributed by atoms with van der Waals surface area (Å²) in [6.07, 6.45) is 5.54. The number of carbonyl (C=O) groups is 1. The topological polar surface area (TPSA) is 32.3 Å². The molecule has 1 aliphatic rings. The molecule has 3 nitrogen and oxygen atoms in total. The lowest BCUT2D eigenvalue weighted by Gasteiger charge is -2.08. The molecule has 0 radical (unpaired) electrons. The Morgan fingerprint density at radius 3 is 2.67 bits per heavy atom. The maximum Gasteiger partial charge on any atom is 0.276 e. The van der Waals surface area contributed by atoms with Crippen LogP contribution in [0.2, 0.25) is 0 Å². The first-order chi connectivity index (χ1) is 8.72. The van der Waals surface area contributed by atoms with Gasteiger partial charge in [-0.05, 0) is 30.8 Å². The van der Waals surface area contributed by atoms with Gasteiger partial charge in [0.2, 0.25) is 0 Å². The smallest absolute Gasteiger partial charge is 0.276 e. The van der Waals surface area contributed by atoms with Gasteiger partial charge in [0.1, 0.15) is 5.70 Å². The van der Waals surface area contributed by atoms with Crippen LogP contribution in [0.4, 0.5) is 0 Å². The minimum Gasteiger partial charge on any atom is -0.328 e. The Morgan fingerprint density at radius 2 is 2.06 bits per heavy atom. The van der Waals surface area contributed by atoms with E-state index in [1.807, 2.05) is 49.4 Å².